The van der Waals surface area contributed by atoms with Crippen LogP contribution in [0.25, 0.3) is 0 Å². The van der Waals surface area contributed by atoms with Gasteiger partial charge in [-0.3, -0.25) is 9.69 Å². The first-order valence-corrected chi connectivity index (χ1v) is 4.81. The van der Waals surface area contributed by atoms with Gasteiger partial charge in [0.25, 0.3) is 0 Å². The van der Waals surface area contributed by atoms with Gasteiger partial charge in [-0.25, -0.2) is 0 Å². The summed E-state index contributed by atoms with van der Waals surface area (Å²) in [7, 11) is 0. The molecule has 0 aromatic heterocycles. The molecule has 0 aromatic carbocycles. The van der Waals surface area contributed by atoms with Crippen molar-refractivity contribution in [3.63, 3.8) is 0 Å². The predicted molar refractivity (Wildman–Crippen MR) is 49.4 cm³/mol. The summed E-state index contributed by atoms with van der Waals surface area (Å²) in [6.45, 7) is 5.64. The van der Waals surface area contributed by atoms with E-state index in [2.05, 4.69) is 11.5 Å². The Morgan fingerprint density at radius 2 is 2.38 bits per heavy atom. The van der Waals surface area contributed by atoms with Crippen molar-refractivity contribution in [1.82, 2.24) is 4.90 Å². The van der Waals surface area contributed by atoms with E-state index in [0.29, 0.717) is 11.8 Å². The molecule has 0 saturated carbocycles. The van der Waals surface area contributed by atoms with Crippen molar-refractivity contribution in [3.05, 3.63) is 12.7 Å². The highest BCUT2D eigenvalue weighted by atomic mass is 16.4. The van der Waals surface area contributed by atoms with Crippen molar-refractivity contribution in [2.75, 3.05) is 13.1 Å². The van der Waals surface area contributed by atoms with Crippen LogP contribution in [0.5, 0.6) is 0 Å². The Labute approximate surface area is 78.0 Å². The third-order valence-corrected chi connectivity index (χ3v) is 3.39. The fraction of sp³-hybridized carbons (Fsp3) is 0.700. The fourth-order valence-corrected chi connectivity index (χ4v) is 2.59. The van der Waals surface area contributed by atoms with E-state index in [1.165, 1.54) is 0 Å². The van der Waals surface area contributed by atoms with Crippen molar-refractivity contribution in [2.45, 2.75) is 18.9 Å². The number of aliphatic carboxylic acids is 1. The van der Waals surface area contributed by atoms with Gasteiger partial charge in [0.05, 0.1) is 0 Å². The zero-order chi connectivity index (χ0) is 9.42. The Bertz CT molecular complexity index is 239. The zero-order valence-electron chi connectivity index (χ0n) is 7.65. The number of fused-ring (bicyclic) bond motifs is 3. The third-order valence-electron chi connectivity index (χ3n) is 3.39. The molecule has 0 amide bonds. The number of nitrogens with zero attached hydrogens (tertiary/aromatic N) is 1. The molecule has 13 heavy (non-hydrogen) atoms. The van der Waals surface area contributed by atoms with Gasteiger partial charge >= 0.3 is 5.97 Å². The molecule has 3 rings (SSSR count). The molecule has 0 spiro atoms. The average Bonchev–Trinajstić information content (AvgIpc) is 2.18. The standard InChI is InChI=1S/C10H15NO2/c1-2-7-6-11-4-3-8(7)5-9(11)10(12)13/h2,7-9H,1,3-6H2,(H,12,13)/t7-,8-,9-/m0/s1. The Kier molecular flexibility index (Phi) is 2.12. The number of rotatable bonds is 2. The number of hydrogen-bond acceptors (Lipinski definition) is 2. The summed E-state index contributed by atoms with van der Waals surface area (Å²) < 4.78 is 0. The minimum Gasteiger partial charge on any atom is -0.480 e. The minimum atomic E-state index is -0.660. The molecule has 4 atom stereocenters. The SMILES string of the molecule is C=C[C@H]1CN2CC[C@H]1C[C@H]2C(=O)O. The highest BCUT2D eigenvalue weighted by Crippen LogP contribution is 2.36. The molecule has 1 unspecified atom stereocenters. The third kappa shape index (κ3) is 1.37. The normalized spacial score (nSPS) is 43.1. The number of carboxylic acid groups (broad SMARTS) is 1. The minimum absolute atomic E-state index is 0.227. The second-order valence-electron chi connectivity index (χ2n) is 4.03. The van der Waals surface area contributed by atoms with E-state index in [-0.39, 0.29) is 6.04 Å². The van der Waals surface area contributed by atoms with Gasteiger partial charge in [-0.05, 0) is 31.2 Å². The maximum absolute atomic E-state index is 10.9. The maximum atomic E-state index is 10.9. The van der Waals surface area contributed by atoms with Crippen molar-refractivity contribution in [1.29, 1.82) is 0 Å². The topological polar surface area (TPSA) is 40.5 Å². The Hall–Kier alpha value is -0.830. The van der Waals surface area contributed by atoms with Crippen LogP contribution >= 0.6 is 0 Å². The lowest BCUT2D eigenvalue weighted by molar-refractivity contribution is -0.148. The summed E-state index contributed by atoms with van der Waals surface area (Å²) in [5.74, 6) is 0.417. The molecule has 0 aromatic rings. The number of carbonyl (C=O) groups is 1. The second kappa shape index (κ2) is 3.14. The van der Waals surface area contributed by atoms with E-state index in [9.17, 15) is 4.79 Å². The molecule has 3 heteroatoms. The van der Waals surface area contributed by atoms with Gasteiger partial charge in [-0.15, -0.1) is 6.58 Å². The molecular weight excluding hydrogens is 166 g/mol. The largest absolute Gasteiger partial charge is 0.480 e. The molecule has 3 saturated heterocycles. The van der Waals surface area contributed by atoms with Gasteiger partial charge in [0, 0.05) is 6.54 Å². The van der Waals surface area contributed by atoms with Crippen molar-refractivity contribution >= 4 is 5.97 Å². The van der Waals surface area contributed by atoms with E-state index < -0.39 is 5.97 Å². The van der Waals surface area contributed by atoms with E-state index in [1.807, 2.05) is 6.08 Å². The number of piperidine rings is 3. The van der Waals surface area contributed by atoms with Crippen molar-refractivity contribution in [3.8, 4) is 0 Å². The molecule has 3 fully saturated rings. The smallest absolute Gasteiger partial charge is 0.320 e. The van der Waals surface area contributed by atoms with Gasteiger partial charge in [0.1, 0.15) is 6.04 Å². The highest BCUT2D eigenvalue weighted by Gasteiger charge is 2.41. The second-order valence-corrected chi connectivity index (χ2v) is 4.03. The molecule has 72 valence electrons. The van der Waals surface area contributed by atoms with Crippen molar-refractivity contribution < 1.29 is 9.90 Å². The number of hydrogen-bond donors (Lipinski definition) is 1. The highest BCUT2D eigenvalue weighted by molar-refractivity contribution is 5.73. The van der Waals surface area contributed by atoms with Crippen LogP contribution in [0.3, 0.4) is 0 Å². The Morgan fingerprint density at radius 3 is 2.85 bits per heavy atom. The zero-order valence-corrected chi connectivity index (χ0v) is 7.65. The maximum Gasteiger partial charge on any atom is 0.320 e. The lowest BCUT2D eigenvalue weighted by atomic mass is 9.76. The van der Waals surface area contributed by atoms with Crippen LogP contribution in [0.4, 0.5) is 0 Å². The van der Waals surface area contributed by atoms with Gasteiger partial charge < -0.3 is 5.11 Å². The monoisotopic (exact) mass is 181 g/mol. The van der Waals surface area contributed by atoms with E-state index in [1.54, 1.807) is 0 Å². The predicted octanol–water partition coefficient (Wildman–Crippen LogP) is 0.967. The Morgan fingerprint density at radius 1 is 1.62 bits per heavy atom. The van der Waals surface area contributed by atoms with E-state index in [4.69, 9.17) is 5.11 Å². The Balaban J connectivity index is 2.11. The van der Waals surface area contributed by atoms with Crippen LogP contribution in [-0.4, -0.2) is 35.1 Å². The fourth-order valence-electron chi connectivity index (χ4n) is 2.59. The van der Waals surface area contributed by atoms with E-state index in [0.717, 1.165) is 25.9 Å². The van der Waals surface area contributed by atoms with E-state index >= 15 is 0 Å². The molecule has 0 aliphatic carbocycles. The quantitative estimate of drug-likeness (QED) is 0.645. The molecule has 0 radical (unpaired) electrons. The van der Waals surface area contributed by atoms with Gasteiger partial charge in [0.15, 0.2) is 0 Å². The molecule has 3 aliphatic rings. The summed E-state index contributed by atoms with van der Waals surface area (Å²) in [6, 6.07) is -0.227. The van der Waals surface area contributed by atoms with Crippen molar-refractivity contribution in [2.24, 2.45) is 11.8 Å². The van der Waals surface area contributed by atoms with Crippen LogP contribution in [0.2, 0.25) is 0 Å². The number of carboxylic acids is 1. The average molecular weight is 181 g/mol. The van der Waals surface area contributed by atoms with Gasteiger partial charge in [0.2, 0.25) is 0 Å². The van der Waals surface area contributed by atoms with Crippen LogP contribution in [0, 0.1) is 11.8 Å². The van der Waals surface area contributed by atoms with Crippen LogP contribution < -0.4 is 0 Å². The van der Waals surface area contributed by atoms with Crippen LogP contribution in [0.15, 0.2) is 12.7 Å². The molecule has 2 bridgehead atoms. The molecule has 3 heterocycles. The lowest BCUT2D eigenvalue weighted by Gasteiger charge is -2.47. The van der Waals surface area contributed by atoms with Crippen LogP contribution in [0.1, 0.15) is 12.8 Å². The first-order valence-electron chi connectivity index (χ1n) is 4.81. The van der Waals surface area contributed by atoms with Crippen LogP contribution in [-0.2, 0) is 4.79 Å². The summed E-state index contributed by atoms with van der Waals surface area (Å²) in [6.07, 6.45) is 3.93. The summed E-state index contributed by atoms with van der Waals surface area (Å²) in [5.41, 5.74) is 0. The summed E-state index contributed by atoms with van der Waals surface area (Å²) in [4.78, 5) is 12.9. The molecule has 3 nitrogen and oxygen atoms in total. The molecule has 1 N–H and O–H groups in total. The first kappa shape index (κ1) is 8.75. The summed E-state index contributed by atoms with van der Waals surface area (Å²) >= 11 is 0. The lowest BCUT2D eigenvalue weighted by Crippen LogP contribution is -2.55. The first-order chi connectivity index (χ1) is 6.22. The summed E-state index contributed by atoms with van der Waals surface area (Å²) in [5, 5.41) is 8.95. The van der Waals surface area contributed by atoms with Gasteiger partial charge in [-0.1, -0.05) is 6.08 Å². The molecular formula is C10H15NO2. The van der Waals surface area contributed by atoms with Gasteiger partial charge in [-0.2, -0.15) is 0 Å². The molecule has 3 aliphatic heterocycles.